The summed E-state index contributed by atoms with van der Waals surface area (Å²) in [4.78, 5) is 12.6. The van der Waals surface area contributed by atoms with Crippen LogP contribution >= 0.6 is 0 Å². The van der Waals surface area contributed by atoms with Crippen molar-refractivity contribution in [1.82, 2.24) is 9.97 Å². The van der Waals surface area contributed by atoms with Crippen LogP contribution in [0.15, 0.2) is 237 Å². The largest absolute Gasteiger partial charge is 0.310 e. The molecule has 0 unspecified atom stereocenters. The first-order valence-corrected chi connectivity index (χ1v) is 22.2. The Labute approximate surface area is 376 Å². The van der Waals surface area contributed by atoms with Crippen LogP contribution in [0.1, 0.15) is 0 Å². The van der Waals surface area contributed by atoms with Crippen molar-refractivity contribution in [1.29, 1.82) is 0 Å². The fourth-order valence-electron chi connectivity index (χ4n) is 9.85. The minimum atomic E-state index is 0.951. The molecule has 0 fully saturated rings. The number of nitrogens with zero attached hydrogens (tertiary/aromatic N) is 3. The van der Waals surface area contributed by atoms with Gasteiger partial charge in [0.1, 0.15) is 0 Å². The smallest absolute Gasteiger partial charge is 0.0715 e. The van der Waals surface area contributed by atoms with Gasteiger partial charge in [-0.05, 0) is 138 Å². The highest BCUT2D eigenvalue weighted by molar-refractivity contribution is 6.10. The number of pyridine rings is 2. The number of benzene rings is 11. The monoisotopic (exact) mass is 825 g/mol. The van der Waals surface area contributed by atoms with Crippen molar-refractivity contribution >= 4 is 92.7 Å². The Balaban J connectivity index is 0.882. The SMILES string of the molecule is c1ccc2cc(-c3ccc4c(ccc5cc(N(c6ccc(-c7ccc8c(ccc9ccccc98)n7)cc6)c6ccc(-c7ccc8c(ccc9ccccc98)n7)cc6)ccc54)c3)ccc2c1. The molecule has 0 spiro atoms. The van der Waals surface area contributed by atoms with Gasteiger partial charge in [-0.1, -0.05) is 164 Å². The van der Waals surface area contributed by atoms with Crippen molar-refractivity contribution in [2.45, 2.75) is 0 Å². The predicted octanol–water partition coefficient (Wildman–Crippen LogP) is 17.0. The van der Waals surface area contributed by atoms with Gasteiger partial charge in [-0.25, -0.2) is 9.97 Å². The highest BCUT2D eigenvalue weighted by Gasteiger charge is 2.16. The van der Waals surface area contributed by atoms with Crippen LogP contribution in [0.25, 0.3) is 109 Å². The lowest BCUT2D eigenvalue weighted by Gasteiger charge is -2.26. The molecule has 0 atom stereocenters. The third-order valence-corrected chi connectivity index (χ3v) is 13.2. The molecule has 65 heavy (non-hydrogen) atoms. The van der Waals surface area contributed by atoms with Crippen LogP contribution < -0.4 is 4.90 Å². The molecule has 0 radical (unpaired) electrons. The second-order valence-corrected chi connectivity index (χ2v) is 17.0. The van der Waals surface area contributed by atoms with Gasteiger partial charge >= 0.3 is 0 Å². The van der Waals surface area contributed by atoms with Crippen LogP contribution in [0, 0.1) is 0 Å². The van der Waals surface area contributed by atoms with Gasteiger partial charge in [0.05, 0.1) is 22.4 Å². The summed E-state index contributed by atoms with van der Waals surface area (Å²) in [5, 5.41) is 14.6. The summed E-state index contributed by atoms with van der Waals surface area (Å²) in [5.41, 5.74) is 11.7. The van der Waals surface area contributed by atoms with E-state index < -0.39 is 0 Å². The molecular formula is C62H39N3. The number of hydrogen-bond acceptors (Lipinski definition) is 3. The zero-order chi connectivity index (χ0) is 42.8. The molecule has 0 aliphatic rings. The van der Waals surface area contributed by atoms with Crippen molar-refractivity contribution in [3.8, 4) is 33.6 Å². The van der Waals surface area contributed by atoms with Crippen LogP contribution in [0.4, 0.5) is 17.1 Å². The summed E-state index contributed by atoms with van der Waals surface area (Å²) in [6.45, 7) is 0. The van der Waals surface area contributed by atoms with Gasteiger partial charge in [0.25, 0.3) is 0 Å². The second-order valence-electron chi connectivity index (χ2n) is 17.0. The first-order chi connectivity index (χ1) is 32.2. The molecule has 302 valence electrons. The molecule has 0 amide bonds. The molecular weight excluding hydrogens is 787 g/mol. The molecule has 0 aliphatic heterocycles. The van der Waals surface area contributed by atoms with Crippen LogP contribution in [0.5, 0.6) is 0 Å². The van der Waals surface area contributed by atoms with Gasteiger partial charge in [0, 0.05) is 39.0 Å². The maximum Gasteiger partial charge on any atom is 0.0715 e. The molecule has 0 saturated heterocycles. The number of hydrogen-bond donors (Lipinski definition) is 0. The number of aromatic nitrogens is 2. The summed E-state index contributed by atoms with van der Waals surface area (Å²) in [5.74, 6) is 0. The Morgan fingerprint density at radius 1 is 0.231 bits per heavy atom. The van der Waals surface area contributed by atoms with E-state index in [0.717, 1.165) is 50.6 Å². The quantitative estimate of drug-likeness (QED) is 0.156. The number of fused-ring (bicyclic) bond motifs is 10. The maximum atomic E-state index is 5.13. The Morgan fingerprint density at radius 3 is 1.20 bits per heavy atom. The van der Waals surface area contributed by atoms with E-state index in [-0.39, 0.29) is 0 Å². The van der Waals surface area contributed by atoms with Crippen molar-refractivity contribution < 1.29 is 0 Å². The summed E-state index contributed by atoms with van der Waals surface area (Å²) in [6.07, 6.45) is 0. The van der Waals surface area contributed by atoms with Crippen LogP contribution in [-0.4, -0.2) is 9.97 Å². The zero-order valence-electron chi connectivity index (χ0n) is 35.4. The molecule has 0 aliphatic carbocycles. The van der Waals surface area contributed by atoms with Crippen molar-refractivity contribution in [3.05, 3.63) is 237 Å². The van der Waals surface area contributed by atoms with E-state index in [1.165, 1.54) is 75.8 Å². The normalized spacial score (nSPS) is 11.7. The Bertz CT molecular complexity index is 3840. The lowest BCUT2D eigenvalue weighted by Crippen LogP contribution is -2.10. The Hall–Kier alpha value is -8.66. The third kappa shape index (κ3) is 6.44. The maximum absolute atomic E-state index is 5.13. The standard InChI is InChI=1S/C62H39N3/c1-2-10-45-37-46(14-13-40(45)7-1)47-21-29-55-48(38-47)15-16-49-39-52(28-30-56(49)55)65(50-24-17-43(18-25-50)59-35-31-57-53-11-5-3-8-41(53)22-33-61(57)63-59)51-26-19-44(20-27-51)60-36-32-58-54-12-6-4-9-42(54)23-34-62(58)64-60/h1-39H. The first-order valence-electron chi connectivity index (χ1n) is 22.2. The molecule has 0 saturated carbocycles. The summed E-state index contributed by atoms with van der Waals surface area (Å²) >= 11 is 0. The van der Waals surface area contributed by atoms with Gasteiger partial charge in [0.15, 0.2) is 0 Å². The Kier molecular flexibility index (Phi) is 8.53. The van der Waals surface area contributed by atoms with Crippen molar-refractivity contribution in [2.24, 2.45) is 0 Å². The van der Waals surface area contributed by atoms with Crippen LogP contribution in [-0.2, 0) is 0 Å². The fraction of sp³-hybridized carbons (Fsp3) is 0. The predicted molar refractivity (Wildman–Crippen MR) is 276 cm³/mol. The molecule has 13 rings (SSSR count). The van der Waals surface area contributed by atoms with Crippen LogP contribution in [0.2, 0.25) is 0 Å². The first kappa shape index (κ1) is 36.9. The summed E-state index contributed by atoms with van der Waals surface area (Å²) in [6, 6.07) is 85.4. The summed E-state index contributed by atoms with van der Waals surface area (Å²) < 4.78 is 0. The average molecular weight is 826 g/mol. The third-order valence-electron chi connectivity index (χ3n) is 13.2. The van der Waals surface area contributed by atoms with Gasteiger partial charge in [-0.15, -0.1) is 0 Å². The minimum Gasteiger partial charge on any atom is -0.310 e. The highest BCUT2D eigenvalue weighted by Crippen LogP contribution is 2.40. The lowest BCUT2D eigenvalue weighted by atomic mass is 9.96. The average Bonchev–Trinajstić information content (AvgIpc) is 3.38. The van der Waals surface area contributed by atoms with Crippen molar-refractivity contribution in [2.75, 3.05) is 4.90 Å². The van der Waals surface area contributed by atoms with E-state index in [4.69, 9.17) is 9.97 Å². The summed E-state index contributed by atoms with van der Waals surface area (Å²) in [7, 11) is 0. The topological polar surface area (TPSA) is 29.0 Å². The van der Waals surface area contributed by atoms with Gasteiger partial charge in [-0.2, -0.15) is 0 Å². The van der Waals surface area contributed by atoms with E-state index in [1.807, 2.05) is 0 Å². The highest BCUT2D eigenvalue weighted by atomic mass is 15.1. The molecule has 11 aromatic carbocycles. The van der Waals surface area contributed by atoms with Gasteiger partial charge in [0.2, 0.25) is 0 Å². The molecule has 3 heteroatoms. The van der Waals surface area contributed by atoms with Crippen molar-refractivity contribution in [3.63, 3.8) is 0 Å². The van der Waals surface area contributed by atoms with E-state index in [9.17, 15) is 0 Å². The number of rotatable bonds is 6. The molecule has 2 aromatic heterocycles. The zero-order valence-corrected chi connectivity index (χ0v) is 35.4. The van der Waals surface area contributed by atoms with Gasteiger partial charge in [-0.3, -0.25) is 0 Å². The molecule has 2 heterocycles. The van der Waals surface area contributed by atoms with E-state index in [1.54, 1.807) is 0 Å². The molecule has 3 nitrogen and oxygen atoms in total. The van der Waals surface area contributed by atoms with Gasteiger partial charge < -0.3 is 4.90 Å². The molecule has 13 aromatic rings. The van der Waals surface area contributed by atoms with E-state index in [2.05, 4.69) is 241 Å². The second kappa shape index (κ2) is 15.0. The van der Waals surface area contributed by atoms with E-state index in [0.29, 0.717) is 0 Å². The lowest BCUT2D eigenvalue weighted by molar-refractivity contribution is 1.28. The van der Waals surface area contributed by atoms with Crippen LogP contribution in [0.3, 0.4) is 0 Å². The Morgan fingerprint density at radius 2 is 0.615 bits per heavy atom. The minimum absolute atomic E-state index is 0.951. The molecule has 0 N–H and O–H groups in total. The fourth-order valence-corrected chi connectivity index (χ4v) is 9.85. The molecule has 0 bridgehead atoms. The number of anilines is 3. The van der Waals surface area contributed by atoms with E-state index >= 15 is 0 Å².